The van der Waals surface area contributed by atoms with Gasteiger partial charge in [-0.15, -0.1) is 0 Å². The first-order chi connectivity index (χ1) is 9.88. The van der Waals surface area contributed by atoms with Crippen molar-refractivity contribution in [3.05, 3.63) is 28.8 Å². The van der Waals surface area contributed by atoms with Gasteiger partial charge in [0.25, 0.3) is 0 Å². The van der Waals surface area contributed by atoms with E-state index in [9.17, 15) is 9.59 Å². The van der Waals surface area contributed by atoms with Gasteiger partial charge in [-0.1, -0.05) is 24.6 Å². The number of carbonyl (C=O) groups is 2. The molecule has 0 aromatic heterocycles. The number of urea groups is 1. The molecule has 0 radical (unpaired) electrons. The van der Waals surface area contributed by atoms with E-state index in [4.69, 9.17) is 16.7 Å². The Hall–Kier alpha value is -1.75. The van der Waals surface area contributed by atoms with Gasteiger partial charge in [0.1, 0.15) is 0 Å². The number of hydrogen-bond acceptors (Lipinski definition) is 2. The number of rotatable bonds is 7. The minimum atomic E-state index is -0.790. The quantitative estimate of drug-likeness (QED) is 0.719. The molecule has 1 unspecified atom stereocenters. The summed E-state index contributed by atoms with van der Waals surface area (Å²) in [7, 11) is 0. The van der Waals surface area contributed by atoms with Crippen LogP contribution < -0.4 is 10.6 Å². The first-order valence-corrected chi connectivity index (χ1v) is 7.29. The SMILES string of the molecule is Cc1ccc(NC(=O)NCCC(C)CCC(=O)O)c(Cl)c1. The topological polar surface area (TPSA) is 78.4 Å². The van der Waals surface area contributed by atoms with Crippen molar-refractivity contribution in [2.75, 3.05) is 11.9 Å². The summed E-state index contributed by atoms with van der Waals surface area (Å²) >= 11 is 6.03. The number of halogens is 1. The van der Waals surface area contributed by atoms with Gasteiger partial charge < -0.3 is 15.7 Å². The Bertz CT molecular complexity index is 506. The molecule has 0 spiro atoms. The fraction of sp³-hybridized carbons (Fsp3) is 0.467. The van der Waals surface area contributed by atoms with E-state index in [0.29, 0.717) is 23.7 Å². The molecule has 2 amide bonds. The minimum absolute atomic E-state index is 0.159. The second-order valence-corrected chi connectivity index (χ2v) is 5.60. The summed E-state index contributed by atoms with van der Waals surface area (Å²) in [5.74, 6) is -0.536. The molecule has 0 fully saturated rings. The highest BCUT2D eigenvalue weighted by molar-refractivity contribution is 6.33. The molecule has 21 heavy (non-hydrogen) atoms. The molecule has 1 rings (SSSR count). The fourth-order valence-corrected chi connectivity index (χ4v) is 2.12. The Morgan fingerprint density at radius 1 is 1.33 bits per heavy atom. The fourth-order valence-electron chi connectivity index (χ4n) is 1.83. The van der Waals surface area contributed by atoms with E-state index in [-0.39, 0.29) is 18.4 Å². The summed E-state index contributed by atoms with van der Waals surface area (Å²) in [5.41, 5.74) is 1.59. The summed E-state index contributed by atoms with van der Waals surface area (Å²) in [4.78, 5) is 22.2. The highest BCUT2D eigenvalue weighted by atomic mass is 35.5. The van der Waals surface area contributed by atoms with Crippen molar-refractivity contribution in [2.45, 2.75) is 33.1 Å². The van der Waals surface area contributed by atoms with Crippen LogP contribution in [0.5, 0.6) is 0 Å². The van der Waals surface area contributed by atoms with Crippen LogP contribution >= 0.6 is 11.6 Å². The van der Waals surface area contributed by atoms with E-state index in [1.807, 2.05) is 19.9 Å². The Balaban J connectivity index is 2.29. The molecule has 1 atom stereocenters. The predicted molar refractivity (Wildman–Crippen MR) is 83.9 cm³/mol. The zero-order valence-electron chi connectivity index (χ0n) is 12.3. The van der Waals surface area contributed by atoms with Crippen LogP contribution in [0.15, 0.2) is 18.2 Å². The van der Waals surface area contributed by atoms with Gasteiger partial charge in [0.05, 0.1) is 10.7 Å². The normalized spacial score (nSPS) is 11.8. The van der Waals surface area contributed by atoms with E-state index in [0.717, 1.165) is 12.0 Å². The lowest BCUT2D eigenvalue weighted by Crippen LogP contribution is -2.30. The molecule has 0 saturated heterocycles. The average Bonchev–Trinajstić information content (AvgIpc) is 2.39. The number of nitrogens with one attached hydrogen (secondary N) is 2. The lowest BCUT2D eigenvalue weighted by atomic mass is 10.0. The number of hydrogen-bond donors (Lipinski definition) is 3. The molecule has 6 heteroatoms. The third kappa shape index (κ3) is 6.99. The second kappa shape index (κ2) is 8.52. The third-order valence-electron chi connectivity index (χ3n) is 3.15. The predicted octanol–water partition coefficient (Wildman–Crippen LogP) is 3.66. The van der Waals surface area contributed by atoms with Crippen molar-refractivity contribution >= 4 is 29.3 Å². The molecular formula is C15H21ClN2O3. The van der Waals surface area contributed by atoms with E-state index in [1.165, 1.54) is 0 Å². The van der Waals surface area contributed by atoms with Crippen LogP contribution in [0.4, 0.5) is 10.5 Å². The van der Waals surface area contributed by atoms with Gasteiger partial charge in [-0.25, -0.2) is 4.79 Å². The maximum absolute atomic E-state index is 11.7. The first kappa shape index (κ1) is 17.3. The largest absolute Gasteiger partial charge is 0.481 e. The Labute approximate surface area is 129 Å². The molecule has 1 aromatic carbocycles. The van der Waals surface area contributed by atoms with Crippen molar-refractivity contribution < 1.29 is 14.7 Å². The molecule has 0 saturated carbocycles. The minimum Gasteiger partial charge on any atom is -0.481 e. The van der Waals surface area contributed by atoms with Crippen molar-refractivity contribution in [1.82, 2.24) is 5.32 Å². The molecule has 5 nitrogen and oxygen atoms in total. The van der Waals surface area contributed by atoms with Gasteiger partial charge in [-0.2, -0.15) is 0 Å². The molecule has 0 heterocycles. The van der Waals surface area contributed by atoms with Crippen LogP contribution in [0.1, 0.15) is 31.7 Å². The number of anilines is 1. The number of benzene rings is 1. The zero-order chi connectivity index (χ0) is 15.8. The maximum Gasteiger partial charge on any atom is 0.319 e. The van der Waals surface area contributed by atoms with Gasteiger partial charge in [-0.3, -0.25) is 4.79 Å². The van der Waals surface area contributed by atoms with Gasteiger partial charge in [0.15, 0.2) is 0 Å². The Kier molecular flexibility index (Phi) is 7.02. The summed E-state index contributed by atoms with van der Waals surface area (Å²) in [6.45, 7) is 4.39. The summed E-state index contributed by atoms with van der Waals surface area (Å²) in [6, 6.07) is 5.10. The Morgan fingerprint density at radius 3 is 2.67 bits per heavy atom. The number of aryl methyl sites for hydroxylation is 1. The maximum atomic E-state index is 11.7. The van der Waals surface area contributed by atoms with Crippen molar-refractivity contribution in [2.24, 2.45) is 5.92 Å². The van der Waals surface area contributed by atoms with Crippen LogP contribution in [0.2, 0.25) is 5.02 Å². The van der Waals surface area contributed by atoms with E-state index in [2.05, 4.69) is 10.6 Å². The van der Waals surface area contributed by atoms with Crippen LogP contribution in [-0.2, 0) is 4.79 Å². The standard InChI is InChI=1S/C15H21ClN2O3/c1-10(4-6-14(19)20)7-8-17-15(21)18-13-5-3-11(2)9-12(13)16/h3,5,9-10H,4,6-8H2,1-2H3,(H,19,20)(H2,17,18,21). The Morgan fingerprint density at radius 2 is 2.05 bits per heavy atom. The van der Waals surface area contributed by atoms with Crippen LogP contribution in [0.3, 0.4) is 0 Å². The van der Waals surface area contributed by atoms with Gasteiger partial charge in [0, 0.05) is 13.0 Å². The van der Waals surface area contributed by atoms with E-state index >= 15 is 0 Å². The molecule has 1 aromatic rings. The smallest absolute Gasteiger partial charge is 0.319 e. The second-order valence-electron chi connectivity index (χ2n) is 5.19. The number of carbonyl (C=O) groups excluding carboxylic acids is 1. The van der Waals surface area contributed by atoms with Crippen molar-refractivity contribution in [3.63, 3.8) is 0 Å². The van der Waals surface area contributed by atoms with Gasteiger partial charge >= 0.3 is 12.0 Å². The molecule has 0 aliphatic carbocycles. The summed E-state index contributed by atoms with van der Waals surface area (Å²) in [6.07, 6.45) is 1.51. The highest BCUT2D eigenvalue weighted by Gasteiger charge is 2.08. The average molecular weight is 313 g/mol. The van der Waals surface area contributed by atoms with Crippen molar-refractivity contribution in [3.8, 4) is 0 Å². The lowest BCUT2D eigenvalue weighted by Gasteiger charge is -2.12. The van der Waals surface area contributed by atoms with E-state index in [1.54, 1.807) is 12.1 Å². The lowest BCUT2D eigenvalue weighted by molar-refractivity contribution is -0.137. The highest BCUT2D eigenvalue weighted by Crippen LogP contribution is 2.22. The third-order valence-corrected chi connectivity index (χ3v) is 3.46. The molecule has 0 aliphatic rings. The van der Waals surface area contributed by atoms with Crippen molar-refractivity contribution in [1.29, 1.82) is 0 Å². The van der Waals surface area contributed by atoms with E-state index < -0.39 is 5.97 Å². The van der Waals surface area contributed by atoms with Crippen LogP contribution in [0, 0.1) is 12.8 Å². The molecule has 116 valence electrons. The van der Waals surface area contributed by atoms with Gasteiger partial charge in [-0.05, 0) is 43.4 Å². The summed E-state index contributed by atoms with van der Waals surface area (Å²) < 4.78 is 0. The van der Waals surface area contributed by atoms with Crippen LogP contribution in [0.25, 0.3) is 0 Å². The van der Waals surface area contributed by atoms with Crippen LogP contribution in [-0.4, -0.2) is 23.7 Å². The number of carboxylic acids is 1. The summed E-state index contributed by atoms with van der Waals surface area (Å²) in [5, 5.41) is 14.5. The number of amides is 2. The van der Waals surface area contributed by atoms with Gasteiger partial charge in [0.2, 0.25) is 0 Å². The molecular weight excluding hydrogens is 292 g/mol. The number of aliphatic carboxylic acids is 1. The first-order valence-electron chi connectivity index (χ1n) is 6.91. The monoisotopic (exact) mass is 312 g/mol. The molecule has 0 bridgehead atoms. The number of carboxylic acid groups (broad SMARTS) is 1. The molecule has 3 N–H and O–H groups in total. The zero-order valence-corrected chi connectivity index (χ0v) is 13.0. The molecule has 0 aliphatic heterocycles.